The average molecular weight is 300 g/mol. The molecule has 2 saturated carbocycles. The van der Waals surface area contributed by atoms with E-state index in [0.717, 1.165) is 24.1 Å². The highest BCUT2D eigenvalue weighted by molar-refractivity contribution is 5.91. The maximum atomic E-state index is 12.5. The van der Waals surface area contributed by atoms with E-state index in [2.05, 4.69) is 0 Å². The van der Waals surface area contributed by atoms with Crippen LogP contribution in [0.15, 0.2) is 24.3 Å². The van der Waals surface area contributed by atoms with Crippen LogP contribution < -0.4 is 4.90 Å². The maximum absolute atomic E-state index is 12.5. The van der Waals surface area contributed by atoms with E-state index in [9.17, 15) is 9.59 Å². The van der Waals surface area contributed by atoms with Gasteiger partial charge < -0.3 is 9.64 Å². The second-order valence-electron chi connectivity index (χ2n) is 6.71. The second-order valence-corrected chi connectivity index (χ2v) is 6.71. The number of fused-ring (bicyclic) bond motifs is 1. The van der Waals surface area contributed by atoms with Crippen LogP contribution in [-0.4, -0.2) is 37.1 Å². The largest absolute Gasteiger partial charge is 0.447 e. The number of hydrogen-bond acceptors (Lipinski definition) is 3. The van der Waals surface area contributed by atoms with Crippen molar-refractivity contribution in [3.05, 3.63) is 29.8 Å². The lowest BCUT2D eigenvalue weighted by molar-refractivity contribution is -0.135. The lowest BCUT2D eigenvalue weighted by atomic mass is 10.0. The molecule has 1 atom stereocenters. The van der Waals surface area contributed by atoms with Crippen molar-refractivity contribution >= 4 is 17.7 Å². The molecule has 1 unspecified atom stereocenters. The van der Waals surface area contributed by atoms with Crippen LogP contribution >= 0.6 is 0 Å². The number of carbonyl (C=O) groups excluding carboxylic acids is 2. The standard InChI is InChI=1S/C17H20N2O3/c1-11(18(2)15(20)17-9-13(17)10-17)12-4-3-5-14(8-12)19-6-7-22-16(19)21/h3-5,8,11,13H,6-7,9-10H2,1-2H3. The van der Waals surface area contributed by atoms with Gasteiger partial charge in [-0.05, 0) is 43.4 Å². The van der Waals surface area contributed by atoms with Gasteiger partial charge in [0, 0.05) is 12.7 Å². The Hall–Kier alpha value is -2.04. The molecular formula is C17H20N2O3. The molecule has 0 N–H and O–H groups in total. The number of cyclic esters (lactones) is 1. The minimum Gasteiger partial charge on any atom is -0.447 e. The van der Waals surface area contributed by atoms with Crippen molar-refractivity contribution in [2.75, 3.05) is 25.1 Å². The normalized spacial score (nSPS) is 29.6. The van der Waals surface area contributed by atoms with Crippen molar-refractivity contribution in [1.82, 2.24) is 4.90 Å². The first-order valence-electron chi connectivity index (χ1n) is 7.84. The highest BCUT2D eigenvalue weighted by atomic mass is 16.6. The third-order valence-corrected chi connectivity index (χ3v) is 5.43. The van der Waals surface area contributed by atoms with Crippen molar-refractivity contribution in [2.45, 2.75) is 25.8 Å². The van der Waals surface area contributed by atoms with Crippen LogP contribution in [0.4, 0.5) is 10.5 Å². The van der Waals surface area contributed by atoms with Gasteiger partial charge in [0.05, 0.1) is 18.0 Å². The highest BCUT2D eigenvalue weighted by Crippen LogP contribution is 2.76. The summed E-state index contributed by atoms with van der Waals surface area (Å²) in [5.74, 6) is 0.927. The average Bonchev–Trinajstić information content (AvgIpc) is 3.35. The predicted molar refractivity (Wildman–Crippen MR) is 81.5 cm³/mol. The fourth-order valence-electron chi connectivity index (χ4n) is 3.38. The molecular weight excluding hydrogens is 280 g/mol. The van der Waals surface area contributed by atoms with Crippen LogP contribution in [0.25, 0.3) is 0 Å². The Labute approximate surface area is 129 Å². The van der Waals surface area contributed by atoms with Gasteiger partial charge in [-0.3, -0.25) is 9.69 Å². The van der Waals surface area contributed by atoms with Gasteiger partial charge >= 0.3 is 6.09 Å². The molecule has 2 amide bonds. The summed E-state index contributed by atoms with van der Waals surface area (Å²) in [6.07, 6.45) is 1.84. The molecule has 5 nitrogen and oxygen atoms in total. The summed E-state index contributed by atoms with van der Waals surface area (Å²) >= 11 is 0. The summed E-state index contributed by atoms with van der Waals surface area (Å²) in [5, 5.41) is 0. The summed E-state index contributed by atoms with van der Waals surface area (Å²) in [5.41, 5.74) is 1.88. The Morgan fingerprint density at radius 3 is 2.77 bits per heavy atom. The maximum Gasteiger partial charge on any atom is 0.414 e. The summed E-state index contributed by atoms with van der Waals surface area (Å²) in [7, 11) is 1.88. The molecule has 1 heterocycles. The minimum atomic E-state index is -0.299. The van der Waals surface area contributed by atoms with Crippen molar-refractivity contribution in [1.29, 1.82) is 0 Å². The summed E-state index contributed by atoms with van der Waals surface area (Å²) in [6.45, 7) is 3.05. The Kier molecular flexibility index (Phi) is 2.77. The molecule has 1 aromatic rings. The summed E-state index contributed by atoms with van der Waals surface area (Å²) < 4.78 is 4.99. The van der Waals surface area contributed by atoms with Crippen LogP contribution in [0.3, 0.4) is 0 Å². The Bertz CT molecular complexity index is 651. The Morgan fingerprint density at radius 2 is 2.18 bits per heavy atom. The zero-order chi connectivity index (χ0) is 15.5. The zero-order valence-electron chi connectivity index (χ0n) is 12.9. The van der Waals surface area contributed by atoms with Gasteiger partial charge in [0.2, 0.25) is 5.91 Å². The fourth-order valence-corrected chi connectivity index (χ4v) is 3.38. The van der Waals surface area contributed by atoms with E-state index in [4.69, 9.17) is 4.74 Å². The molecule has 0 bridgehead atoms. The molecule has 0 radical (unpaired) electrons. The number of hydrogen-bond donors (Lipinski definition) is 0. The van der Waals surface area contributed by atoms with E-state index >= 15 is 0 Å². The molecule has 1 saturated heterocycles. The number of anilines is 1. The topological polar surface area (TPSA) is 49.9 Å². The van der Waals surface area contributed by atoms with E-state index < -0.39 is 0 Å². The summed E-state index contributed by atoms with van der Waals surface area (Å²) in [4.78, 5) is 27.7. The zero-order valence-corrected chi connectivity index (χ0v) is 12.9. The van der Waals surface area contributed by atoms with Crippen LogP contribution in [-0.2, 0) is 9.53 Å². The Balaban J connectivity index is 1.54. The number of amides is 2. The molecule has 116 valence electrons. The monoisotopic (exact) mass is 300 g/mol. The number of carbonyl (C=O) groups is 2. The van der Waals surface area contributed by atoms with E-state index in [1.165, 1.54) is 0 Å². The van der Waals surface area contributed by atoms with Gasteiger partial charge in [-0.1, -0.05) is 12.1 Å². The molecule has 1 aromatic carbocycles. The van der Waals surface area contributed by atoms with E-state index in [0.29, 0.717) is 19.1 Å². The molecule has 0 spiro atoms. The van der Waals surface area contributed by atoms with Gasteiger partial charge in [0.1, 0.15) is 6.61 Å². The minimum absolute atomic E-state index is 0.000616. The lowest BCUT2D eigenvalue weighted by Crippen LogP contribution is -2.33. The van der Waals surface area contributed by atoms with Crippen LogP contribution in [0, 0.1) is 11.3 Å². The lowest BCUT2D eigenvalue weighted by Gasteiger charge is -2.27. The van der Waals surface area contributed by atoms with E-state index in [1.807, 2.05) is 43.1 Å². The quantitative estimate of drug-likeness (QED) is 0.858. The molecule has 5 heteroatoms. The smallest absolute Gasteiger partial charge is 0.414 e. The summed E-state index contributed by atoms with van der Waals surface area (Å²) in [6, 6.07) is 7.83. The van der Waals surface area contributed by atoms with Crippen LogP contribution in [0.2, 0.25) is 0 Å². The molecule has 0 aromatic heterocycles. The van der Waals surface area contributed by atoms with Crippen molar-refractivity contribution in [2.24, 2.45) is 11.3 Å². The van der Waals surface area contributed by atoms with Gasteiger partial charge in [0.15, 0.2) is 0 Å². The van der Waals surface area contributed by atoms with Crippen LogP contribution in [0.5, 0.6) is 0 Å². The van der Waals surface area contributed by atoms with Gasteiger partial charge in [-0.25, -0.2) is 4.79 Å². The Morgan fingerprint density at radius 1 is 1.45 bits per heavy atom. The number of benzene rings is 1. The molecule has 4 rings (SSSR count). The fraction of sp³-hybridized carbons (Fsp3) is 0.529. The van der Waals surface area contributed by atoms with Gasteiger partial charge in [-0.2, -0.15) is 0 Å². The first-order chi connectivity index (χ1) is 10.5. The first kappa shape index (κ1) is 13.6. The number of rotatable bonds is 4. The van der Waals surface area contributed by atoms with Gasteiger partial charge in [-0.15, -0.1) is 0 Å². The predicted octanol–water partition coefficient (Wildman–Crippen LogP) is 2.57. The highest BCUT2D eigenvalue weighted by Gasteiger charge is 2.75. The van der Waals surface area contributed by atoms with Gasteiger partial charge in [0.25, 0.3) is 0 Å². The molecule has 3 fully saturated rings. The molecule has 1 aliphatic heterocycles. The second kappa shape index (κ2) is 4.48. The van der Waals surface area contributed by atoms with Crippen molar-refractivity contribution in [3.8, 4) is 0 Å². The van der Waals surface area contributed by atoms with E-state index in [1.54, 1.807) is 4.90 Å². The van der Waals surface area contributed by atoms with Crippen LogP contribution in [0.1, 0.15) is 31.4 Å². The third kappa shape index (κ3) is 1.91. The molecule has 3 aliphatic rings. The van der Waals surface area contributed by atoms with E-state index in [-0.39, 0.29) is 23.5 Å². The first-order valence-corrected chi connectivity index (χ1v) is 7.84. The SMILES string of the molecule is CC(c1cccc(N2CCOC2=O)c1)N(C)C(=O)C12CC1C2. The third-order valence-electron chi connectivity index (χ3n) is 5.43. The number of ether oxygens (including phenoxy) is 1. The molecule has 2 aliphatic carbocycles. The van der Waals surface area contributed by atoms with Crippen molar-refractivity contribution < 1.29 is 14.3 Å². The number of nitrogens with zero attached hydrogens (tertiary/aromatic N) is 2. The molecule has 22 heavy (non-hydrogen) atoms. The van der Waals surface area contributed by atoms with Crippen molar-refractivity contribution in [3.63, 3.8) is 0 Å².